The molecule has 2 heterocycles. The minimum absolute atomic E-state index is 0.495. The van der Waals surface area contributed by atoms with Crippen LogP contribution in [0.5, 0.6) is 0 Å². The van der Waals surface area contributed by atoms with Gasteiger partial charge in [-0.2, -0.15) is 0 Å². The van der Waals surface area contributed by atoms with Gasteiger partial charge >= 0.3 is 0 Å². The zero-order valence-corrected chi connectivity index (χ0v) is 11.0. The summed E-state index contributed by atoms with van der Waals surface area (Å²) in [6.07, 6.45) is 1.78. The highest BCUT2D eigenvalue weighted by Gasteiger charge is 2.11. The number of H-pyrrole nitrogens is 1. The van der Waals surface area contributed by atoms with Crippen molar-refractivity contribution < 1.29 is 0 Å². The third-order valence-electron chi connectivity index (χ3n) is 2.68. The first kappa shape index (κ1) is 11.5. The van der Waals surface area contributed by atoms with Crippen molar-refractivity contribution in [2.45, 2.75) is 6.92 Å². The number of hydrogen-bond donors (Lipinski definition) is 1. The normalized spacial score (nSPS) is 11.1. The minimum atomic E-state index is 0.495. The number of nitrogens with zero attached hydrogens (tertiary/aromatic N) is 2. The van der Waals surface area contributed by atoms with Crippen LogP contribution in [0.3, 0.4) is 0 Å². The molecule has 18 heavy (non-hydrogen) atoms. The van der Waals surface area contributed by atoms with Crippen molar-refractivity contribution >= 4 is 34.4 Å². The number of halogens is 2. The highest BCUT2D eigenvalue weighted by atomic mass is 35.5. The van der Waals surface area contributed by atoms with Crippen molar-refractivity contribution in [2.75, 3.05) is 0 Å². The third kappa shape index (κ3) is 1.85. The molecule has 0 saturated heterocycles. The van der Waals surface area contributed by atoms with Gasteiger partial charge in [-0.1, -0.05) is 29.3 Å². The van der Waals surface area contributed by atoms with Gasteiger partial charge in [-0.3, -0.25) is 0 Å². The molecule has 0 fully saturated rings. The molecule has 1 aromatic carbocycles. The summed E-state index contributed by atoms with van der Waals surface area (Å²) in [4.78, 5) is 11.9. The van der Waals surface area contributed by atoms with Gasteiger partial charge in [0.1, 0.15) is 5.82 Å². The Morgan fingerprint density at radius 1 is 1.22 bits per heavy atom. The van der Waals surface area contributed by atoms with E-state index in [0.717, 1.165) is 16.6 Å². The summed E-state index contributed by atoms with van der Waals surface area (Å²) < 4.78 is 0. The van der Waals surface area contributed by atoms with E-state index in [9.17, 15) is 0 Å². The molecule has 0 aliphatic heterocycles. The Kier molecular flexibility index (Phi) is 2.73. The van der Waals surface area contributed by atoms with E-state index in [1.54, 1.807) is 12.3 Å². The number of rotatable bonds is 1. The first-order valence-electron chi connectivity index (χ1n) is 5.42. The van der Waals surface area contributed by atoms with Crippen molar-refractivity contribution in [3.05, 3.63) is 46.1 Å². The number of aryl methyl sites for hydroxylation is 1. The number of aromatic amines is 1. The van der Waals surface area contributed by atoms with Gasteiger partial charge in [0, 0.05) is 11.8 Å². The van der Waals surface area contributed by atoms with Gasteiger partial charge < -0.3 is 4.98 Å². The second-order valence-electron chi connectivity index (χ2n) is 4.07. The SMILES string of the molecule is Cc1cnc2nc(-c3cccc(Cl)c3Cl)[nH]c2c1. The van der Waals surface area contributed by atoms with Gasteiger partial charge in [0.15, 0.2) is 5.65 Å². The molecule has 5 heteroatoms. The third-order valence-corrected chi connectivity index (χ3v) is 3.50. The molecule has 0 unspecified atom stereocenters. The molecule has 2 aromatic heterocycles. The van der Waals surface area contributed by atoms with Crippen LogP contribution in [-0.2, 0) is 0 Å². The second-order valence-corrected chi connectivity index (χ2v) is 4.86. The van der Waals surface area contributed by atoms with Gasteiger partial charge in [-0.15, -0.1) is 0 Å². The molecule has 0 saturated carbocycles. The van der Waals surface area contributed by atoms with Gasteiger partial charge in [0.05, 0.1) is 15.6 Å². The van der Waals surface area contributed by atoms with E-state index < -0.39 is 0 Å². The number of aromatic nitrogens is 3. The summed E-state index contributed by atoms with van der Waals surface area (Å²) in [5, 5.41) is 1.01. The van der Waals surface area contributed by atoms with Crippen LogP contribution in [-0.4, -0.2) is 15.0 Å². The maximum absolute atomic E-state index is 6.17. The molecular weight excluding hydrogens is 269 g/mol. The maximum atomic E-state index is 6.17. The number of pyridine rings is 1. The highest BCUT2D eigenvalue weighted by molar-refractivity contribution is 6.43. The molecule has 3 rings (SSSR count). The lowest BCUT2D eigenvalue weighted by molar-refractivity contribution is 1.28. The fraction of sp³-hybridized carbons (Fsp3) is 0.0769. The number of fused-ring (bicyclic) bond motifs is 1. The first-order chi connectivity index (χ1) is 8.65. The molecular formula is C13H9Cl2N3. The summed E-state index contributed by atoms with van der Waals surface area (Å²) in [5.41, 5.74) is 3.42. The van der Waals surface area contributed by atoms with Crippen LogP contribution >= 0.6 is 23.2 Å². The zero-order chi connectivity index (χ0) is 12.7. The van der Waals surface area contributed by atoms with E-state index in [0.29, 0.717) is 21.5 Å². The molecule has 3 nitrogen and oxygen atoms in total. The van der Waals surface area contributed by atoms with Gasteiger partial charge in [-0.05, 0) is 30.7 Å². The van der Waals surface area contributed by atoms with E-state index in [2.05, 4.69) is 15.0 Å². The molecule has 1 N–H and O–H groups in total. The van der Waals surface area contributed by atoms with Crippen LogP contribution in [0.4, 0.5) is 0 Å². The fourth-order valence-electron chi connectivity index (χ4n) is 1.82. The Morgan fingerprint density at radius 3 is 2.89 bits per heavy atom. The number of hydrogen-bond acceptors (Lipinski definition) is 2. The van der Waals surface area contributed by atoms with Crippen LogP contribution < -0.4 is 0 Å². The molecule has 0 radical (unpaired) electrons. The van der Waals surface area contributed by atoms with E-state index in [1.807, 2.05) is 25.1 Å². The molecule has 0 atom stereocenters. The lowest BCUT2D eigenvalue weighted by Crippen LogP contribution is -1.82. The smallest absolute Gasteiger partial charge is 0.178 e. The fourth-order valence-corrected chi connectivity index (χ4v) is 2.21. The van der Waals surface area contributed by atoms with Crippen molar-refractivity contribution in [3.63, 3.8) is 0 Å². The average molecular weight is 278 g/mol. The molecule has 0 aliphatic carbocycles. The molecule has 0 spiro atoms. The van der Waals surface area contributed by atoms with Crippen LogP contribution in [0, 0.1) is 6.92 Å². The van der Waals surface area contributed by atoms with E-state index in [1.165, 1.54) is 0 Å². The Morgan fingerprint density at radius 2 is 2.06 bits per heavy atom. The highest BCUT2D eigenvalue weighted by Crippen LogP contribution is 2.32. The van der Waals surface area contributed by atoms with Crippen LogP contribution in [0.25, 0.3) is 22.6 Å². The largest absolute Gasteiger partial charge is 0.337 e. The predicted octanol–water partition coefficient (Wildman–Crippen LogP) is 4.24. The van der Waals surface area contributed by atoms with Crippen molar-refractivity contribution in [1.29, 1.82) is 0 Å². The molecule has 90 valence electrons. The molecule has 3 aromatic rings. The Balaban J connectivity index is 2.22. The van der Waals surface area contributed by atoms with Gasteiger partial charge in [-0.25, -0.2) is 9.97 Å². The minimum Gasteiger partial charge on any atom is -0.337 e. The summed E-state index contributed by atoms with van der Waals surface area (Å²) in [6.45, 7) is 1.99. The second kappa shape index (κ2) is 4.26. The Hall–Kier alpha value is -1.58. The van der Waals surface area contributed by atoms with E-state index in [-0.39, 0.29) is 0 Å². The number of benzene rings is 1. The quantitative estimate of drug-likeness (QED) is 0.723. The lowest BCUT2D eigenvalue weighted by Gasteiger charge is -2.01. The standard InChI is InChI=1S/C13H9Cl2N3/c1-7-5-10-13(16-6-7)18-12(17-10)8-3-2-4-9(14)11(8)15/h2-6H,1H3,(H,16,17,18). The number of nitrogens with one attached hydrogen (secondary N) is 1. The summed E-state index contributed by atoms with van der Waals surface area (Å²) in [6, 6.07) is 7.46. The van der Waals surface area contributed by atoms with Gasteiger partial charge in [0.25, 0.3) is 0 Å². The average Bonchev–Trinajstić information content (AvgIpc) is 2.75. The van der Waals surface area contributed by atoms with E-state index >= 15 is 0 Å². The van der Waals surface area contributed by atoms with Crippen LogP contribution in [0.15, 0.2) is 30.5 Å². The molecule has 0 amide bonds. The van der Waals surface area contributed by atoms with Crippen molar-refractivity contribution in [2.24, 2.45) is 0 Å². The molecule has 0 aliphatic rings. The Labute approximate surface area is 114 Å². The zero-order valence-electron chi connectivity index (χ0n) is 9.54. The van der Waals surface area contributed by atoms with Crippen LogP contribution in [0.2, 0.25) is 10.0 Å². The topological polar surface area (TPSA) is 41.6 Å². The van der Waals surface area contributed by atoms with Crippen LogP contribution in [0.1, 0.15) is 5.56 Å². The molecule has 0 bridgehead atoms. The predicted molar refractivity (Wildman–Crippen MR) is 74.1 cm³/mol. The Bertz CT molecular complexity index is 734. The lowest BCUT2D eigenvalue weighted by atomic mass is 10.2. The van der Waals surface area contributed by atoms with Gasteiger partial charge in [0.2, 0.25) is 0 Å². The monoisotopic (exact) mass is 277 g/mol. The summed E-state index contributed by atoms with van der Waals surface area (Å²) in [5.74, 6) is 0.676. The summed E-state index contributed by atoms with van der Waals surface area (Å²) >= 11 is 12.2. The van der Waals surface area contributed by atoms with Crippen molar-refractivity contribution in [1.82, 2.24) is 15.0 Å². The van der Waals surface area contributed by atoms with E-state index in [4.69, 9.17) is 23.2 Å². The number of imidazole rings is 1. The summed E-state index contributed by atoms with van der Waals surface area (Å²) in [7, 11) is 0. The first-order valence-corrected chi connectivity index (χ1v) is 6.17. The maximum Gasteiger partial charge on any atom is 0.178 e. The van der Waals surface area contributed by atoms with Crippen molar-refractivity contribution in [3.8, 4) is 11.4 Å².